The predicted octanol–water partition coefficient (Wildman–Crippen LogP) is 1.49. The number of carbonyl (C=O) groups excluding carboxylic acids is 2. The Labute approximate surface area is 229 Å². The first kappa shape index (κ1) is 25.6. The summed E-state index contributed by atoms with van der Waals surface area (Å²) in [5.41, 5.74) is 5.71. The zero-order valence-corrected chi connectivity index (χ0v) is 21.8. The standard InChI is InChI=1S/C26H18N2O6S.Na/c27-24-21(35(31,32)33)14-20(22-23(24)26(30)19-9-5-4-8-18(19)25(22)29)28-15-10-12-17(13-11-15)34-16-6-2-1-3-7-16;/h1-14,28H,27H2,(H,31,32,33);/q;+1/p-1. The molecule has 0 saturated carbocycles. The third-order valence-electron chi connectivity index (χ3n) is 5.58. The fourth-order valence-corrected chi connectivity index (χ4v) is 4.62. The van der Waals surface area contributed by atoms with E-state index < -0.39 is 32.3 Å². The zero-order valence-electron chi connectivity index (χ0n) is 19.0. The normalized spacial score (nSPS) is 12.2. The van der Waals surface area contributed by atoms with Crippen LogP contribution in [0, 0.1) is 0 Å². The summed E-state index contributed by atoms with van der Waals surface area (Å²) in [5, 5.41) is 2.96. The predicted molar refractivity (Wildman–Crippen MR) is 128 cm³/mol. The van der Waals surface area contributed by atoms with Gasteiger partial charge in [0.25, 0.3) is 0 Å². The third-order valence-corrected chi connectivity index (χ3v) is 6.46. The van der Waals surface area contributed by atoms with Crippen molar-refractivity contribution in [2.45, 2.75) is 4.90 Å². The summed E-state index contributed by atoms with van der Waals surface area (Å²) in [6.45, 7) is 0. The Morgan fingerprint density at radius 3 is 1.86 bits per heavy atom. The maximum absolute atomic E-state index is 13.3. The molecule has 5 rings (SSSR count). The van der Waals surface area contributed by atoms with Gasteiger partial charge in [0.1, 0.15) is 21.6 Å². The van der Waals surface area contributed by atoms with Crippen molar-refractivity contribution in [2.75, 3.05) is 11.1 Å². The molecule has 0 heterocycles. The second-order valence-electron chi connectivity index (χ2n) is 7.81. The molecule has 0 aromatic heterocycles. The largest absolute Gasteiger partial charge is 1.00 e. The molecule has 0 spiro atoms. The zero-order chi connectivity index (χ0) is 24.7. The van der Waals surface area contributed by atoms with Crippen LogP contribution >= 0.6 is 0 Å². The van der Waals surface area contributed by atoms with Crippen molar-refractivity contribution in [3.05, 3.63) is 107 Å². The molecule has 10 heteroatoms. The molecular formula is C26H17N2NaO6S. The average Bonchev–Trinajstić information content (AvgIpc) is 2.84. The number of hydrogen-bond acceptors (Lipinski definition) is 8. The van der Waals surface area contributed by atoms with Crippen LogP contribution in [0.2, 0.25) is 0 Å². The second-order valence-corrected chi connectivity index (χ2v) is 9.16. The van der Waals surface area contributed by atoms with Crippen LogP contribution in [0.1, 0.15) is 31.8 Å². The van der Waals surface area contributed by atoms with E-state index in [9.17, 15) is 22.6 Å². The van der Waals surface area contributed by atoms with E-state index in [0.717, 1.165) is 6.07 Å². The van der Waals surface area contributed by atoms with E-state index in [4.69, 9.17) is 10.5 Å². The van der Waals surface area contributed by atoms with Crippen LogP contribution in [0.25, 0.3) is 0 Å². The summed E-state index contributed by atoms with van der Waals surface area (Å²) in [6.07, 6.45) is 0. The molecule has 1 aliphatic carbocycles. The molecule has 0 radical (unpaired) electrons. The summed E-state index contributed by atoms with van der Waals surface area (Å²) in [6, 6.07) is 23.0. The average molecular weight is 508 g/mol. The van der Waals surface area contributed by atoms with Gasteiger partial charge >= 0.3 is 29.6 Å². The number of ketones is 2. The summed E-state index contributed by atoms with van der Waals surface area (Å²) in [7, 11) is -5.04. The fraction of sp³-hybridized carbons (Fsp3) is 0. The van der Waals surface area contributed by atoms with Crippen molar-refractivity contribution >= 4 is 38.7 Å². The molecular weight excluding hydrogens is 491 g/mol. The fourth-order valence-electron chi connectivity index (χ4n) is 3.99. The number of rotatable bonds is 5. The van der Waals surface area contributed by atoms with Crippen LogP contribution in [0.3, 0.4) is 0 Å². The molecule has 8 nitrogen and oxygen atoms in total. The van der Waals surface area contributed by atoms with Gasteiger partial charge in [0, 0.05) is 16.8 Å². The van der Waals surface area contributed by atoms with Crippen molar-refractivity contribution in [2.24, 2.45) is 0 Å². The minimum atomic E-state index is -5.04. The van der Waals surface area contributed by atoms with Crippen LogP contribution in [0.5, 0.6) is 11.5 Å². The minimum absolute atomic E-state index is 0. The van der Waals surface area contributed by atoms with Gasteiger partial charge in [-0.15, -0.1) is 0 Å². The number of benzene rings is 4. The van der Waals surface area contributed by atoms with Gasteiger partial charge in [-0.3, -0.25) is 9.59 Å². The van der Waals surface area contributed by atoms with Gasteiger partial charge in [-0.2, -0.15) is 0 Å². The van der Waals surface area contributed by atoms with Crippen LogP contribution < -0.4 is 45.3 Å². The quantitative estimate of drug-likeness (QED) is 0.207. The Kier molecular flexibility index (Phi) is 7.03. The number of nitrogens with two attached hydrogens (primary N) is 1. The second kappa shape index (κ2) is 9.88. The Morgan fingerprint density at radius 1 is 0.750 bits per heavy atom. The van der Waals surface area contributed by atoms with Gasteiger partial charge in [0.2, 0.25) is 0 Å². The number of carbonyl (C=O) groups is 2. The topological polar surface area (TPSA) is 139 Å². The molecule has 174 valence electrons. The number of hydrogen-bond donors (Lipinski definition) is 2. The SMILES string of the molecule is Nc1c(S(=O)(=O)[O-])cc(Nc2ccc(Oc3ccccc3)cc2)c2c1C(=O)c1ccccc1C2=O.[Na+]. The summed E-state index contributed by atoms with van der Waals surface area (Å²) >= 11 is 0. The summed E-state index contributed by atoms with van der Waals surface area (Å²) < 4.78 is 41.5. The molecule has 4 aromatic rings. The Bertz CT molecular complexity index is 1600. The molecule has 0 aliphatic heterocycles. The van der Waals surface area contributed by atoms with Gasteiger partial charge in [-0.1, -0.05) is 42.5 Å². The molecule has 0 unspecified atom stereocenters. The minimum Gasteiger partial charge on any atom is -0.744 e. The molecule has 1 aliphatic rings. The van der Waals surface area contributed by atoms with Gasteiger partial charge < -0.3 is 20.3 Å². The van der Waals surface area contributed by atoms with Crippen molar-refractivity contribution in [1.29, 1.82) is 0 Å². The van der Waals surface area contributed by atoms with E-state index in [1.54, 1.807) is 48.5 Å². The van der Waals surface area contributed by atoms with Gasteiger partial charge in [-0.25, -0.2) is 8.42 Å². The first-order valence-electron chi connectivity index (χ1n) is 10.4. The summed E-state index contributed by atoms with van der Waals surface area (Å²) in [5.74, 6) is 0.0501. The Balaban J connectivity index is 0.00000304. The maximum atomic E-state index is 13.3. The molecule has 0 bridgehead atoms. The molecule has 36 heavy (non-hydrogen) atoms. The van der Waals surface area contributed by atoms with Gasteiger partial charge in [0.15, 0.2) is 11.6 Å². The number of ether oxygens (including phenoxy) is 1. The van der Waals surface area contributed by atoms with Crippen LogP contribution in [0.15, 0.2) is 89.8 Å². The van der Waals surface area contributed by atoms with Crippen LogP contribution in [0.4, 0.5) is 17.1 Å². The van der Waals surface area contributed by atoms with E-state index in [1.807, 2.05) is 18.2 Å². The van der Waals surface area contributed by atoms with E-state index in [1.165, 1.54) is 12.1 Å². The van der Waals surface area contributed by atoms with E-state index in [-0.39, 0.29) is 57.5 Å². The Hall–Kier alpha value is -3.47. The molecule has 0 saturated heterocycles. The number of fused-ring (bicyclic) bond motifs is 2. The monoisotopic (exact) mass is 508 g/mol. The number of nitrogen functional groups attached to an aromatic ring is 1. The van der Waals surface area contributed by atoms with Crippen molar-refractivity contribution in [3.8, 4) is 11.5 Å². The van der Waals surface area contributed by atoms with E-state index in [2.05, 4.69) is 5.32 Å². The molecule has 4 aromatic carbocycles. The molecule has 0 amide bonds. The first-order chi connectivity index (χ1) is 16.7. The van der Waals surface area contributed by atoms with Crippen molar-refractivity contribution in [3.63, 3.8) is 0 Å². The smallest absolute Gasteiger partial charge is 0.744 e. The van der Waals surface area contributed by atoms with Crippen molar-refractivity contribution < 1.29 is 56.9 Å². The van der Waals surface area contributed by atoms with Gasteiger partial charge in [-0.05, 0) is 42.5 Å². The molecule has 3 N–H and O–H groups in total. The van der Waals surface area contributed by atoms with Crippen LogP contribution in [-0.4, -0.2) is 24.5 Å². The number of anilines is 3. The maximum Gasteiger partial charge on any atom is 1.00 e. The first-order valence-corrected chi connectivity index (χ1v) is 11.9. The summed E-state index contributed by atoms with van der Waals surface area (Å²) in [4.78, 5) is 25.8. The Morgan fingerprint density at radius 2 is 1.28 bits per heavy atom. The van der Waals surface area contributed by atoms with Crippen molar-refractivity contribution in [1.82, 2.24) is 0 Å². The van der Waals surface area contributed by atoms with E-state index >= 15 is 0 Å². The number of nitrogens with one attached hydrogen (secondary N) is 1. The van der Waals surface area contributed by atoms with Gasteiger partial charge in [0.05, 0.1) is 27.4 Å². The number of para-hydroxylation sites is 1. The van der Waals surface area contributed by atoms with Crippen LogP contribution in [-0.2, 0) is 10.1 Å². The third kappa shape index (κ3) is 4.67. The van der Waals surface area contributed by atoms with E-state index in [0.29, 0.717) is 17.2 Å². The molecule has 0 fully saturated rings. The molecule has 0 atom stereocenters.